The highest BCUT2D eigenvalue weighted by molar-refractivity contribution is 6.80. The molecule has 0 amide bonds. The van der Waals surface area contributed by atoms with E-state index < -0.39 is 8.07 Å². The standard InChI is InChI=1S/C25H36Si/c1-23(2,3)17-11-13-19-20-14-12-18(24(4,5)6)16-22(20)25(7,21(19)15-17)26(8,9)10/h11-16H,1-10H3. The summed E-state index contributed by atoms with van der Waals surface area (Å²) in [5.74, 6) is 0. The molecule has 2 aromatic carbocycles. The zero-order valence-electron chi connectivity index (χ0n) is 18.5. The maximum Gasteiger partial charge on any atom is 0.0609 e. The minimum absolute atomic E-state index is 0.153. The van der Waals surface area contributed by atoms with Gasteiger partial charge in [0.25, 0.3) is 0 Å². The van der Waals surface area contributed by atoms with Crippen LogP contribution >= 0.6 is 0 Å². The van der Waals surface area contributed by atoms with Crippen molar-refractivity contribution in [3.05, 3.63) is 58.7 Å². The van der Waals surface area contributed by atoms with Crippen molar-refractivity contribution >= 4 is 8.07 Å². The fourth-order valence-electron chi connectivity index (χ4n) is 4.27. The molecule has 0 bridgehead atoms. The lowest BCUT2D eigenvalue weighted by Gasteiger charge is -2.40. The van der Waals surface area contributed by atoms with Gasteiger partial charge in [-0.15, -0.1) is 0 Å². The summed E-state index contributed by atoms with van der Waals surface area (Å²) < 4.78 is 0. The summed E-state index contributed by atoms with van der Waals surface area (Å²) in [4.78, 5) is 0. The fourth-order valence-corrected chi connectivity index (χ4v) is 6.30. The van der Waals surface area contributed by atoms with Gasteiger partial charge in [0.15, 0.2) is 0 Å². The first-order valence-electron chi connectivity index (χ1n) is 9.98. The van der Waals surface area contributed by atoms with Crippen LogP contribution in [-0.2, 0) is 15.9 Å². The molecule has 0 aromatic heterocycles. The van der Waals surface area contributed by atoms with Gasteiger partial charge in [-0.1, -0.05) is 105 Å². The molecule has 0 radical (unpaired) electrons. The largest absolute Gasteiger partial charge is 0.0686 e. The van der Waals surface area contributed by atoms with Gasteiger partial charge in [0.1, 0.15) is 0 Å². The third kappa shape index (κ3) is 2.80. The number of rotatable bonds is 1. The lowest BCUT2D eigenvalue weighted by atomic mass is 9.83. The molecule has 3 rings (SSSR count). The Kier molecular flexibility index (Phi) is 4.17. The molecule has 0 saturated carbocycles. The maximum atomic E-state index is 2.53. The van der Waals surface area contributed by atoms with Crippen LogP contribution in [-0.4, -0.2) is 8.07 Å². The Morgan fingerprint density at radius 1 is 0.654 bits per heavy atom. The van der Waals surface area contributed by atoms with Crippen LogP contribution in [0.4, 0.5) is 0 Å². The van der Waals surface area contributed by atoms with E-state index in [0.29, 0.717) is 0 Å². The van der Waals surface area contributed by atoms with Crippen LogP contribution in [0.3, 0.4) is 0 Å². The summed E-state index contributed by atoms with van der Waals surface area (Å²) >= 11 is 0. The third-order valence-corrected chi connectivity index (χ3v) is 10.2. The molecule has 0 heterocycles. The highest BCUT2D eigenvalue weighted by Gasteiger charge is 2.49. The molecular weight excluding hydrogens is 328 g/mol. The van der Waals surface area contributed by atoms with Crippen molar-refractivity contribution in [1.29, 1.82) is 0 Å². The van der Waals surface area contributed by atoms with Crippen LogP contribution < -0.4 is 0 Å². The molecule has 0 saturated heterocycles. The van der Waals surface area contributed by atoms with E-state index in [-0.39, 0.29) is 15.9 Å². The molecule has 0 fully saturated rings. The molecule has 0 unspecified atom stereocenters. The first-order valence-corrected chi connectivity index (χ1v) is 13.5. The SMILES string of the molecule is CC(C)(C)c1ccc2c(c1)C(C)([Si](C)(C)C)c1cc(C(C)(C)C)ccc1-2. The van der Waals surface area contributed by atoms with Gasteiger partial charge in [0, 0.05) is 5.04 Å². The van der Waals surface area contributed by atoms with Crippen molar-refractivity contribution in [3.8, 4) is 11.1 Å². The van der Waals surface area contributed by atoms with Crippen LogP contribution in [0.25, 0.3) is 11.1 Å². The third-order valence-electron chi connectivity index (χ3n) is 6.64. The molecule has 0 spiro atoms. The van der Waals surface area contributed by atoms with E-state index in [0.717, 1.165) is 0 Å². The topological polar surface area (TPSA) is 0 Å². The number of hydrogen-bond acceptors (Lipinski definition) is 0. The van der Waals surface area contributed by atoms with Crippen LogP contribution in [0.2, 0.25) is 19.6 Å². The van der Waals surface area contributed by atoms with E-state index in [9.17, 15) is 0 Å². The minimum Gasteiger partial charge on any atom is -0.0686 e. The second-order valence-electron chi connectivity index (χ2n) is 11.4. The second kappa shape index (κ2) is 5.58. The Balaban J connectivity index is 2.35. The van der Waals surface area contributed by atoms with E-state index in [1.807, 2.05) is 0 Å². The Morgan fingerprint density at radius 3 is 1.27 bits per heavy atom. The quantitative estimate of drug-likeness (QED) is 0.461. The van der Waals surface area contributed by atoms with Crippen LogP contribution in [0.5, 0.6) is 0 Å². The Labute approximate surface area is 162 Å². The molecule has 1 heteroatoms. The van der Waals surface area contributed by atoms with Gasteiger partial charge in [-0.3, -0.25) is 0 Å². The monoisotopic (exact) mass is 364 g/mol. The number of benzene rings is 2. The van der Waals surface area contributed by atoms with Gasteiger partial charge in [-0.25, -0.2) is 0 Å². The molecule has 26 heavy (non-hydrogen) atoms. The fraction of sp³-hybridized carbons (Fsp3) is 0.520. The molecule has 140 valence electrons. The highest BCUT2D eigenvalue weighted by atomic mass is 28.3. The highest BCUT2D eigenvalue weighted by Crippen LogP contribution is 2.54. The Bertz CT molecular complexity index is 788. The maximum absolute atomic E-state index is 2.53. The average molecular weight is 365 g/mol. The summed E-state index contributed by atoms with van der Waals surface area (Å²) in [7, 11) is -1.51. The van der Waals surface area contributed by atoms with Crippen molar-refractivity contribution in [2.45, 2.75) is 84.0 Å². The molecule has 0 nitrogen and oxygen atoms in total. The summed E-state index contributed by atoms with van der Waals surface area (Å²) in [5, 5.41) is 0.153. The van der Waals surface area contributed by atoms with E-state index >= 15 is 0 Å². The van der Waals surface area contributed by atoms with Gasteiger partial charge in [0.2, 0.25) is 0 Å². The van der Waals surface area contributed by atoms with Crippen molar-refractivity contribution in [2.75, 3.05) is 0 Å². The predicted octanol–water partition coefficient (Wildman–Crippen LogP) is 7.45. The van der Waals surface area contributed by atoms with Gasteiger partial charge >= 0.3 is 0 Å². The molecule has 0 atom stereocenters. The lowest BCUT2D eigenvalue weighted by Crippen LogP contribution is -2.47. The first-order chi connectivity index (χ1) is 11.7. The normalized spacial score (nSPS) is 16.4. The summed E-state index contributed by atoms with van der Waals surface area (Å²) in [6, 6.07) is 14.5. The predicted molar refractivity (Wildman–Crippen MR) is 119 cm³/mol. The van der Waals surface area contributed by atoms with Crippen LogP contribution in [0.15, 0.2) is 36.4 Å². The second-order valence-corrected chi connectivity index (χ2v) is 16.9. The van der Waals surface area contributed by atoms with Gasteiger partial charge < -0.3 is 0 Å². The van der Waals surface area contributed by atoms with Crippen molar-refractivity contribution < 1.29 is 0 Å². The zero-order chi connectivity index (χ0) is 19.7. The van der Waals surface area contributed by atoms with E-state index in [1.54, 1.807) is 11.1 Å². The minimum atomic E-state index is -1.51. The number of fused-ring (bicyclic) bond motifs is 3. The van der Waals surface area contributed by atoms with Crippen molar-refractivity contribution in [1.82, 2.24) is 0 Å². The van der Waals surface area contributed by atoms with Crippen molar-refractivity contribution in [3.63, 3.8) is 0 Å². The average Bonchev–Trinajstić information content (AvgIpc) is 2.75. The Morgan fingerprint density at radius 2 is 1.00 bits per heavy atom. The van der Waals surface area contributed by atoms with E-state index in [4.69, 9.17) is 0 Å². The van der Waals surface area contributed by atoms with E-state index in [2.05, 4.69) is 105 Å². The molecule has 1 aliphatic rings. The lowest BCUT2D eigenvalue weighted by molar-refractivity contribution is 0.586. The molecule has 0 N–H and O–H groups in total. The zero-order valence-corrected chi connectivity index (χ0v) is 19.5. The molecular formula is C25H36Si. The smallest absolute Gasteiger partial charge is 0.0609 e. The van der Waals surface area contributed by atoms with Crippen LogP contribution in [0, 0.1) is 0 Å². The molecule has 0 aliphatic heterocycles. The summed E-state index contributed by atoms with van der Waals surface area (Å²) in [5.41, 5.74) is 9.29. The van der Waals surface area contributed by atoms with Crippen molar-refractivity contribution in [2.24, 2.45) is 0 Å². The Hall–Kier alpha value is -1.34. The first kappa shape index (κ1) is 19.4. The summed E-state index contributed by atoms with van der Waals surface area (Å²) in [6.45, 7) is 24.0. The van der Waals surface area contributed by atoms with Crippen LogP contribution in [0.1, 0.15) is 70.7 Å². The van der Waals surface area contributed by atoms with Gasteiger partial charge in [0.05, 0.1) is 8.07 Å². The summed E-state index contributed by atoms with van der Waals surface area (Å²) in [6.07, 6.45) is 0. The molecule has 1 aliphatic carbocycles. The van der Waals surface area contributed by atoms with Gasteiger partial charge in [-0.05, 0) is 44.2 Å². The molecule has 2 aromatic rings. The number of hydrogen-bond donors (Lipinski definition) is 0. The van der Waals surface area contributed by atoms with Gasteiger partial charge in [-0.2, -0.15) is 0 Å². The van der Waals surface area contributed by atoms with E-state index in [1.165, 1.54) is 22.3 Å².